The number of hydrogen-bond donors (Lipinski definition) is 6. The second kappa shape index (κ2) is 14.7. The molecule has 21 heteroatoms. The lowest BCUT2D eigenvalue weighted by Gasteiger charge is -2.51. The first-order chi connectivity index (χ1) is 25.4. The molecule has 3 aliphatic heterocycles. The van der Waals surface area contributed by atoms with E-state index < -0.39 is 63.5 Å². The highest BCUT2D eigenvalue weighted by Crippen LogP contribution is 2.45. The molecule has 1 aromatic carbocycles. The zero-order valence-electron chi connectivity index (χ0n) is 29.3. The first-order valence-corrected chi connectivity index (χ1v) is 19.1. The van der Waals surface area contributed by atoms with E-state index in [0.717, 1.165) is 37.3 Å². The number of thioether (sulfide) groups is 1. The fraction of sp³-hybridized carbons (Fsp3) is 0.455. The number of rotatable bonds is 13. The number of quaternary nitrogens is 1. The molecular weight excluding hydrogens is 768 g/mol. The van der Waals surface area contributed by atoms with Crippen LogP contribution in [0.15, 0.2) is 39.0 Å². The second-order valence-electron chi connectivity index (χ2n) is 13.9. The first-order valence-electron chi connectivity index (χ1n) is 16.9. The first kappa shape index (κ1) is 38.8. The van der Waals surface area contributed by atoms with Crippen LogP contribution in [0.2, 0.25) is 5.02 Å². The van der Waals surface area contributed by atoms with Gasteiger partial charge < -0.3 is 40.8 Å². The molecule has 0 bridgehead atoms. The number of aryl methyl sites for hydroxylation is 1. The van der Waals surface area contributed by atoms with Crippen LogP contribution in [-0.4, -0.2) is 122 Å². The Morgan fingerprint density at radius 1 is 1.20 bits per heavy atom. The Morgan fingerprint density at radius 3 is 2.54 bits per heavy atom. The predicted octanol–water partition coefficient (Wildman–Crippen LogP) is 1.91. The summed E-state index contributed by atoms with van der Waals surface area (Å²) in [5.41, 5.74) is 3.66. The van der Waals surface area contributed by atoms with Gasteiger partial charge in [0.25, 0.3) is 17.4 Å². The number of oxime groups is 1. The number of carbonyl (C=O) groups excluding carboxylic acids is 2. The third kappa shape index (κ3) is 7.17. The molecule has 7 N–H and O–H groups in total. The quantitative estimate of drug-likeness (QED) is 0.0474. The van der Waals surface area contributed by atoms with E-state index >= 15 is 0 Å². The molecule has 0 saturated carbocycles. The number of hydrogen-bond acceptors (Lipinski definition) is 14. The number of benzene rings is 1. The number of nitrogens with two attached hydrogens (primary N) is 1. The average molecular weight is 806 g/mol. The highest BCUT2D eigenvalue weighted by Gasteiger charge is 2.57. The average Bonchev–Trinajstić information content (AvgIpc) is 3.76. The van der Waals surface area contributed by atoms with Crippen molar-refractivity contribution in [2.24, 2.45) is 5.16 Å². The van der Waals surface area contributed by atoms with Crippen molar-refractivity contribution in [3.05, 3.63) is 50.1 Å². The largest absolute Gasteiger partial charge is 0.504 e. The van der Waals surface area contributed by atoms with Crippen LogP contribution in [0.4, 0.5) is 5.13 Å². The Kier molecular flexibility index (Phi) is 10.6. The summed E-state index contributed by atoms with van der Waals surface area (Å²) in [5.74, 6) is -5.23. The third-order valence-corrected chi connectivity index (χ3v) is 12.3. The second-order valence-corrected chi connectivity index (χ2v) is 16.6. The molecule has 0 unspecified atom stereocenters. The molecule has 5 heterocycles. The Labute approximate surface area is 320 Å². The van der Waals surface area contributed by atoms with Gasteiger partial charge in [0.15, 0.2) is 22.3 Å². The Balaban J connectivity index is 1.20. The lowest BCUT2D eigenvalue weighted by atomic mass is 9.99. The number of halogens is 1. The molecule has 0 radical (unpaired) electrons. The molecule has 0 spiro atoms. The van der Waals surface area contributed by atoms with Gasteiger partial charge in [-0.2, -0.15) is 0 Å². The molecule has 18 nitrogen and oxygen atoms in total. The van der Waals surface area contributed by atoms with Gasteiger partial charge in [-0.1, -0.05) is 16.8 Å². The fourth-order valence-corrected chi connectivity index (χ4v) is 9.14. The van der Waals surface area contributed by atoms with E-state index in [-0.39, 0.29) is 44.2 Å². The van der Waals surface area contributed by atoms with E-state index in [0.29, 0.717) is 29.6 Å². The summed E-state index contributed by atoms with van der Waals surface area (Å²) in [5, 5.41) is 46.4. The number of aromatic hydroxyl groups is 2. The van der Waals surface area contributed by atoms with Crippen LogP contribution in [-0.2, 0) is 30.6 Å². The number of nitrogens with zero attached hydrogens (tertiary/aromatic N) is 6. The standard InChI is InChI=1S/C33H37ClN8O10S2/c1-15-16(12-42(8-4-5-9-42)10-6-7-40-14-36-17-11-19(43)25(44)21(34)20(17)27(40)46)24(30(48)49)41-28(47)23(29(41)54-15)38-26(45)22(18-13-53-32(35)37-18)39-52-33(2,3)31(50)51/h11,13-15,23,29H,4-10,12H2,1-3H3,(H6-,35,37,38,39,43,44,45,46,48,49,50,51)/p+1/t15-,23+,29+/m0/s1. The molecule has 2 fully saturated rings. The van der Waals surface area contributed by atoms with Gasteiger partial charge in [0.1, 0.15) is 34.4 Å². The smallest absolute Gasteiger partial charge is 0.352 e. The van der Waals surface area contributed by atoms with Crippen molar-refractivity contribution in [1.82, 2.24) is 24.8 Å². The third-order valence-electron chi connectivity index (χ3n) is 9.83. The van der Waals surface area contributed by atoms with Gasteiger partial charge in [0.2, 0.25) is 5.60 Å². The minimum absolute atomic E-state index is 0.00246. The Bertz CT molecular complexity index is 2180. The Morgan fingerprint density at radius 2 is 1.91 bits per heavy atom. The van der Waals surface area contributed by atoms with Crippen LogP contribution < -0.4 is 16.6 Å². The summed E-state index contributed by atoms with van der Waals surface area (Å²) in [6, 6.07) is 0.0383. The van der Waals surface area contributed by atoms with Gasteiger partial charge >= 0.3 is 11.9 Å². The maximum atomic E-state index is 13.6. The van der Waals surface area contributed by atoms with Gasteiger partial charge in [-0.05, 0) is 20.8 Å². The minimum Gasteiger partial charge on any atom is -0.504 e. The lowest BCUT2D eigenvalue weighted by Crippen LogP contribution is -2.71. The number of nitrogens with one attached hydrogen (secondary N) is 1. The van der Waals surface area contributed by atoms with Crippen molar-refractivity contribution >= 4 is 80.2 Å². The number of fused-ring (bicyclic) bond motifs is 2. The number of amides is 2. The summed E-state index contributed by atoms with van der Waals surface area (Å²) >= 11 is 8.52. The molecule has 0 aliphatic carbocycles. The van der Waals surface area contributed by atoms with Crippen LogP contribution in [0.5, 0.6) is 11.5 Å². The van der Waals surface area contributed by atoms with Crippen molar-refractivity contribution in [2.45, 2.75) is 68.8 Å². The molecule has 3 atom stereocenters. The van der Waals surface area contributed by atoms with Gasteiger partial charge in [0, 0.05) is 48.1 Å². The predicted molar refractivity (Wildman–Crippen MR) is 198 cm³/mol. The van der Waals surface area contributed by atoms with Crippen molar-refractivity contribution in [2.75, 3.05) is 31.9 Å². The lowest BCUT2D eigenvalue weighted by molar-refractivity contribution is -0.912. The highest BCUT2D eigenvalue weighted by molar-refractivity contribution is 8.00. The van der Waals surface area contributed by atoms with E-state index in [1.54, 1.807) is 0 Å². The number of carbonyl (C=O) groups is 4. The topological polar surface area (TPSA) is 260 Å². The number of likely N-dealkylation sites (tertiary alicyclic amines) is 1. The summed E-state index contributed by atoms with van der Waals surface area (Å²) in [4.78, 5) is 79.5. The molecule has 288 valence electrons. The summed E-state index contributed by atoms with van der Waals surface area (Å²) < 4.78 is 1.92. The molecule has 3 aliphatic rings. The SMILES string of the molecule is C[C@@H]1S[C@@H]2[C@H](NC(=O)C(=NOC(C)(C)C(=O)O)c3csc(N)n3)C(=O)N2C(C(=O)O)=C1C[N+]1(CCCn2cnc3cc(O)c(O)c(Cl)c3c2=O)CCCC1. The number of phenols is 2. The van der Waals surface area contributed by atoms with E-state index in [1.807, 2.05) is 6.92 Å². The summed E-state index contributed by atoms with van der Waals surface area (Å²) in [7, 11) is 0. The maximum Gasteiger partial charge on any atom is 0.352 e. The molecule has 2 saturated heterocycles. The van der Waals surface area contributed by atoms with Gasteiger partial charge in [-0.15, -0.1) is 23.1 Å². The van der Waals surface area contributed by atoms with Gasteiger partial charge in [-0.25, -0.2) is 19.6 Å². The minimum atomic E-state index is -1.80. The number of aliphatic carboxylic acids is 2. The normalized spacial score (nSPS) is 21.2. The van der Waals surface area contributed by atoms with Crippen LogP contribution >= 0.6 is 34.7 Å². The van der Waals surface area contributed by atoms with E-state index in [4.69, 9.17) is 22.2 Å². The van der Waals surface area contributed by atoms with E-state index in [9.17, 15) is 44.4 Å². The molecule has 3 aromatic rings. The zero-order chi connectivity index (χ0) is 39.3. The van der Waals surface area contributed by atoms with Gasteiger partial charge in [0.05, 0.1) is 36.9 Å². The molecule has 2 aromatic heterocycles. The number of nitrogen functional groups attached to an aromatic ring is 1. The maximum absolute atomic E-state index is 13.6. The van der Waals surface area contributed by atoms with Crippen LogP contribution in [0.3, 0.4) is 0 Å². The number of anilines is 1. The summed E-state index contributed by atoms with van der Waals surface area (Å²) in [6.45, 7) is 7.07. The van der Waals surface area contributed by atoms with Crippen molar-refractivity contribution in [1.29, 1.82) is 0 Å². The van der Waals surface area contributed by atoms with Crippen molar-refractivity contribution in [3.8, 4) is 11.5 Å². The molecule has 54 heavy (non-hydrogen) atoms. The summed E-state index contributed by atoms with van der Waals surface area (Å²) in [6.07, 6.45) is 3.70. The van der Waals surface area contributed by atoms with Crippen LogP contribution in [0.1, 0.15) is 45.7 Å². The number of phenolic OH excluding ortho intramolecular Hbond substituents is 2. The van der Waals surface area contributed by atoms with Gasteiger partial charge in [-0.3, -0.25) is 23.9 Å². The van der Waals surface area contributed by atoms with Crippen LogP contribution in [0.25, 0.3) is 10.9 Å². The monoisotopic (exact) mass is 805 g/mol. The van der Waals surface area contributed by atoms with Crippen molar-refractivity contribution < 1.29 is 48.9 Å². The number of carboxylic acid groups (broad SMARTS) is 2. The van der Waals surface area contributed by atoms with E-state index in [2.05, 4.69) is 20.4 Å². The zero-order valence-corrected chi connectivity index (χ0v) is 31.7. The Hall–Kier alpha value is -4.92. The van der Waals surface area contributed by atoms with Crippen molar-refractivity contribution in [3.63, 3.8) is 0 Å². The molecule has 2 amide bonds. The number of carboxylic acids is 2. The molecule has 6 rings (SSSR count). The number of thiazole rings is 1. The fourth-order valence-electron chi connectivity index (χ4n) is 6.88. The molecular formula is C33H38ClN8O10S2+. The number of aromatic nitrogens is 3. The van der Waals surface area contributed by atoms with Crippen LogP contribution in [0, 0.1) is 0 Å². The number of β-lactam (4-membered cyclic amide) rings is 1. The van der Waals surface area contributed by atoms with E-state index in [1.165, 1.54) is 52.9 Å². The highest BCUT2D eigenvalue weighted by atomic mass is 35.5.